The van der Waals surface area contributed by atoms with E-state index in [1.165, 1.54) is 0 Å². The number of rotatable bonds is 8. The number of hydrogen-bond acceptors (Lipinski definition) is 3. The van der Waals surface area contributed by atoms with Gasteiger partial charge >= 0.3 is 0 Å². The Labute approximate surface area is 176 Å². The Kier molecular flexibility index (Phi) is 6.94. The molecule has 0 unspecified atom stereocenters. The molecule has 29 heavy (non-hydrogen) atoms. The van der Waals surface area contributed by atoms with Crippen molar-refractivity contribution in [2.45, 2.75) is 33.2 Å². The Balaban J connectivity index is 2.00. The number of amides is 1. The number of methoxy groups -OCH3 is 1. The summed E-state index contributed by atoms with van der Waals surface area (Å²) in [6.45, 7) is 5.28. The minimum atomic E-state index is -0.138. The maximum Gasteiger partial charge on any atom is 0.271 e. The molecule has 0 saturated carbocycles. The zero-order valence-corrected chi connectivity index (χ0v) is 17.8. The van der Waals surface area contributed by atoms with Crippen LogP contribution in [0, 0.1) is 6.92 Å². The number of nitrogens with zero attached hydrogens (tertiary/aromatic N) is 2. The SMILES string of the molecule is CCCCNC(=O)c1nc(-c2ccc(OC)cc2)n(Cc2ccc(Cl)cc2)c1C. The third-order valence-electron chi connectivity index (χ3n) is 4.85. The van der Waals surface area contributed by atoms with Crippen LogP contribution >= 0.6 is 11.6 Å². The molecule has 1 amide bonds. The molecule has 1 heterocycles. The summed E-state index contributed by atoms with van der Waals surface area (Å²) in [7, 11) is 1.64. The highest BCUT2D eigenvalue weighted by atomic mass is 35.5. The standard InChI is InChI=1S/C23H26ClN3O2/c1-4-5-14-25-23(28)21-16(2)27(15-17-6-10-19(24)11-7-17)22(26-21)18-8-12-20(29-3)13-9-18/h6-13H,4-5,14-15H2,1-3H3,(H,25,28). The Morgan fingerprint density at radius 1 is 1.14 bits per heavy atom. The average molecular weight is 412 g/mol. The van der Waals surface area contributed by atoms with Gasteiger partial charge in [-0.05, 0) is 55.3 Å². The van der Waals surface area contributed by atoms with Gasteiger partial charge in [0, 0.05) is 29.4 Å². The molecular weight excluding hydrogens is 386 g/mol. The van der Waals surface area contributed by atoms with E-state index in [-0.39, 0.29) is 5.91 Å². The van der Waals surface area contributed by atoms with Gasteiger partial charge in [-0.15, -0.1) is 0 Å². The van der Waals surface area contributed by atoms with Crippen molar-refractivity contribution >= 4 is 17.5 Å². The third kappa shape index (κ3) is 4.98. The highest BCUT2D eigenvalue weighted by Crippen LogP contribution is 2.26. The average Bonchev–Trinajstić information content (AvgIpc) is 3.06. The highest BCUT2D eigenvalue weighted by Gasteiger charge is 2.20. The van der Waals surface area contributed by atoms with Crippen LogP contribution in [0.15, 0.2) is 48.5 Å². The number of imidazole rings is 1. The number of nitrogens with one attached hydrogen (secondary N) is 1. The molecule has 5 nitrogen and oxygen atoms in total. The first kappa shape index (κ1) is 20.9. The number of carbonyl (C=O) groups excluding carboxylic acids is 1. The van der Waals surface area contributed by atoms with Crippen LogP contribution in [0.2, 0.25) is 5.02 Å². The fourth-order valence-electron chi connectivity index (χ4n) is 3.14. The lowest BCUT2D eigenvalue weighted by molar-refractivity contribution is 0.0948. The van der Waals surface area contributed by atoms with E-state index in [2.05, 4.69) is 16.8 Å². The van der Waals surface area contributed by atoms with Crippen molar-refractivity contribution in [3.8, 4) is 17.1 Å². The van der Waals surface area contributed by atoms with Crippen molar-refractivity contribution in [3.05, 3.63) is 70.5 Å². The normalized spacial score (nSPS) is 10.8. The van der Waals surface area contributed by atoms with E-state index < -0.39 is 0 Å². The van der Waals surface area contributed by atoms with E-state index in [4.69, 9.17) is 21.3 Å². The van der Waals surface area contributed by atoms with E-state index in [9.17, 15) is 4.79 Å². The fourth-order valence-corrected chi connectivity index (χ4v) is 3.26. The number of hydrogen-bond donors (Lipinski definition) is 1. The zero-order chi connectivity index (χ0) is 20.8. The fraction of sp³-hybridized carbons (Fsp3) is 0.304. The van der Waals surface area contributed by atoms with E-state index in [0.717, 1.165) is 41.2 Å². The molecule has 0 aliphatic heterocycles. The molecule has 0 saturated heterocycles. The number of ether oxygens (including phenoxy) is 1. The molecule has 3 rings (SSSR count). The minimum Gasteiger partial charge on any atom is -0.497 e. The molecule has 0 bridgehead atoms. The van der Waals surface area contributed by atoms with Crippen molar-refractivity contribution in [2.24, 2.45) is 0 Å². The van der Waals surface area contributed by atoms with Crippen LogP contribution in [0.3, 0.4) is 0 Å². The van der Waals surface area contributed by atoms with Crippen molar-refractivity contribution in [2.75, 3.05) is 13.7 Å². The van der Waals surface area contributed by atoms with Gasteiger partial charge in [-0.2, -0.15) is 0 Å². The van der Waals surface area contributed by atoms with Crippen LogP contribution in [0.5, 0.6) is 5.75 Å². The van der Waals surface area contributed by atoms with Crippen LogP contribution in [0.4, 0.5) is 0 Å². The predicted octanol–water partition coefficient (Wildman–Crippen LogP) is 5.10. The minimum absolute atomic E-state index is 0.138. The van der Waals surface area contributed by atoms with Gasteiger partial charge in [0.15, 0.2) is 0 Å². The Morgan fingerprint density at radius 3 is 2.45 bits per heavy atom. The summed E-state index contributed by atoms with van der Waals surface area (Å²) < 4.78 is 7.33. The second-order valence-electron chi connectivity index (χ2n) is 6.92. The monoisotopic (exact) mass is 411 g/mol. The first-order valence-electron chi connectivity index (χ1n) is 9.77. The van der Waals surface area contributed by atoms with E-state index in [1.807, 2.05) is 55.5 Å². The van der Waals surface area contributed by atoms with Crippen LogP contribution in [0.1, 0.15) is 41.5 Å². The molecule has 1 aromatic heterocycles. The molecule has 1 N–H and O–H groups in total. The topological polar surface area (TPSA) is 56.1 Å². The summed E-state index contributed by atoms with van der Waals surface area (Å²) in [5.74, 6) is 1.39. The van der Waals surface area contributed by atoms with Crippen molar-refractivity contribution in [1.82, 2.24) is 14.9 Å². The molecule has 152 valence electrons. The quantitative estimate of drug-likeness (QED) is 0.524. The van der Waals surface area contributed by atoms with Crippen LogP contribution in [-0.2, 0) is 6.54 Å². The van der Waals surface area contributed by atoms with E-state index in [1.54, 1.807) is 7.11 Å². The molecule has 0 spiro atoms. The maximum absolute atomic E-state index is 12.7. The summed E-state index contributed by atoms with van der Waals surface area (Å²) in [5.41, 5.74) is 3.30. The lowest BCUT2D eigenvalue weighted by Crippen LogP contribution is -2.25. The molecule has 3 aromatic rings. The van der Waals surface area contributed by atoms with E-state index >= 15 is 0 Å². The summed E-state index contributed by atoms with van der Waals surface area (Å²) in [4.78, 5) is 17.4. The second-order valence-corrected chi connectivity index (χ2v) is 7.36. The molecule has 0 atom stereocenters. The maximum atomic E-state index is 12.7. The van der Waals surface area contributed by atoms with Gasteiger partial charge in [0.25, 0.3) is 5.91 Å². The summed E-state index contributed by atoms with van der Waals surface area (Å²) in [5, 5.41) is 3.67. The van der Waals surface area contributed by atoms with Gasteiger partial charge in [0.05, 0.1) is 7.11 Å². The number of benzene rings is 2. The zero-order valence-electron chi connectivity index (χ0n) is 17.0. The van der Waals surface area contributed by atoms with E-state index in [0.29, 0.717) is 23.8 Å². The number of aromatic nitrogens is 2. The van der Waals surface area contributed by atoms with Crippen LogP contribution < -0.4 is 10.1 Å². The van der Waals surface area contributed by atoms with Crippen molar-refractivity contribution in [1.29, 1.82) is 0 Å². The molecule has 0 radical (unpaired) electrons. The number of unbranched alkanes of at least 4 members (excludes halogenated alkanes) is 1. The van der Waals surface area contributed by atoms with Gasteiger partial charge < -0.3 is 14.6 Å². The van der Waals surface area contributed by atoms with Gasteiger partial charge in [0.1, 0.15) is 17.3 Å². The molecule has 6 heteroatoms. The smallest absolute Gasteiger partial charge is 0.271 e. The first-order chi connectivity index (χ1) is 14.0. The van der Waals surface area contributed by atoms with Gasteiger partial charge in [0.2, 0.25) is 0 Å². The predicted molar refractivity (Wildman–Crippen MR) is 117 cm³/mol. The summed E-state index contributed by atoms with van der Waals surface area (Å²) in [6.07, 6.45) is 1.98. The second kappa shape index (κ2) is 9.61. The van der Waals surface area contributed by atoms with Crippen LogP contribution in [0.25, 0.3) is 11.4 Å². The van der Waals surface area contributed by atoms with Crippen LogP contribution in [-0.4, -0.2) is 29.1 Å². The number of carbonyl (C=O) groups is 1. The van der Waals surface area contributed by atoms with Gasteiger partial charge in [-0.3, -0.25) is 4.79 Å². The molecule has 0 fully saturated rings. The Bertz CT molecular complexity index is 963. The molecular formula is C23H26ClN3O2. The lowest BCUT2D eigenvalue weighted by atomic mass is 10.2. The molecule has 2 aromatic carbocycles. The lowest BCUT2D eigenvalue weighted by Gasteiger charge is -2.11. The van der Waals surface area contributed by atoms with Crippen molar-refractivity contribution < 1.29 is 9.53 Å². The summed E-state index contributed by atoms with van der Waals surface area (Å²) in [6, 6.07) is 15.4. The van der Waals surface area contributed by atoms with Crippen molar-refractivity contribution in [3.63, 3.8) is 0 Å². The molecule has 0 aliphatic rings. The molecule has 0 aliphatic carbocycles. The Morgan fingerprint density at radius 2 is 1.83 bits per heavy atom. The largest absolute Gasteiger partial charge is 0.497 e. The van der Waals surface area contributed by atoms with Gasteiger partial charge in [-0.1, -0.05) is 37.1 Å². The third-order valence-corrected chi connectivity index (χ3v) is 5.11. The van der Waals surface area contributed by atoms with Gasteiger partial charge in [-0.25, -0.2) is 4.98 Å². The number of halogens is 1. The summed E-state index contributed by atoms with van der Waals surface area (Å²) >= 11 is 6.02. The Hall–Kier alpha value is -2.79. The first-order valence-corrected chi connectivity index (χ1v) is 10.2. The highest BCUT2D eigenvalue weighted by molar-refractivity contribution is 6.30.